The minimum absolute atomic E-state index is 0.162. The van der Waals surface area contributed by atoms with E-state index in [0.29, 0.717) is 12.8 Å². The number of allylic oxidation sites excluding steroid dienone is 8. The average Bonchev–Trinajstić information content (AvgIpc) is 3.23. The first-order valence-electron chi connectivity index (χ1n) is 25.4. The smallest absolute Gasteiger partial charge is 0.220 e. The molecule has 0 fully saturated rings. The molecule has 0 aliphatic heterocycles. The molecule has 0 saturated carbocycles. The number of rotatable bonds is 46. The highest BCUT2D eigenvalue weighted by Crippen LogP contribution is 2.15. The quantitative estimate of drug-likeness (QED) is 0.0364. The Morgan fingerprint density at radius 3 is 1.16 bits per heavy atom. The first kappa shape index (κ1) is 56.3. The van der Waals surface area contributed by atoms with Crippen LogP contribution in [0.15, 0.2) is 48.6 Å². The Labute approximate surface area is 361 Å². The molecule has 0 saturated heterocycles. The Hall–Kier alpha value is -1.69. The molecule has 5 heteroatoms. The van der Waals surface area contributed by atoms with Gasteiger partial charge in [0.2, 0.25) is 5.91 Å². The van der Waals surface area contributed by atoms with Gasteiger partial charge in [-0.1, -0.05) is 217 Å². The molecule has 1 amide bonds. The monoisotopic (exact) mass is 814 g/mol. The molecule has 0 aromatic carbocycles. The van der Waals surface area contributed by atoms with Crippen LogP contribution in [0, 0.1) is 0 Å². The van der Waals surface area contributed by atoms with Gasteiger partial charge in [-0.15, -0.1) is 0 Å². The van der Waals surface area contributed by atoms with Gasteiger partial charge in [-0.25, -0.2) is 0 Å². The first-order valence-corrected chi connectivity index (χ1v) is 25.4. The third-order valence-electron chi connectivity index (χ3n) is 11.6. The van der Waals surface area contributed by atoms with Gasteiger partial charge < -0.3 is 20.6 Å². The Morgan fingerprint density at radius 1 is 0.431 bits per heavy atom. The lowest BCUT2D eigenvalue weighted by molar-refractivity contribution is -0.124. The molecule has 3 unspecified atom stereocenters. The molecule has 0 spiro atoms. The number of hydrogen-bond donors (Lipinski definition) is 4. The highest BCUT2D eigenvalue weighted by Gasteiger charge is 2.26. The maximum atomic E-state index is 12.5. The maximum Gasteiger partial charge on any atom is 0.220 e. The molecule has 5 nitrogen and oxygen atoms in total. The fourth-order valence-electron chi connectivity index (χ4n) is 7.68. The van der Waals surface area contributed by atoms with Crippen LogP contribution < -0.4 is 5.32 Å². The van der Waals surface area contributed by atoms with E-state index in [0.717, 1.165) is 51.4 Å². The van der Waals surface area contributed by atoms with E-state index >= 15 is 0 Å². The minimum Gasteiger partial charge on any atom is -0.394 e. The number of carbonyl (C=O) groups is 1. The summed E-state index contributed by atoms with van der Waals surface area (Å²) in [5, 5.41) is 33.6. The van der Waals surface area contributed by atoms with Gasteiger partial charge in [-0.3, -0.25) is 4.79 Å². The van der Waals surface area contributed by atoms with Crippen molar-refractivity contribution in [1.29, 1.82) is 0 Å². The SMILES string of the molecule is CCCCCCCCCCC/C=C\C/C=C\CCCCCCCCCCCC(=O)NC(CO)C(O)C(O)CCC/C=C/CC/C=C/CCCCCCCCCCCC. The van der Waals surface area contributed by atoms with Gasteiger partial charge >= 0.3 is 0 Å². The van der Waals surface area contributed by atoms with Gasteiger partial charge in [0.25, 0.3) is 0 Å². The molecule has 0 radical (unpaired) electrons. The minimum atomic E-state index is -1.17. The lowest BCUT2D eigenvalue weighted by Crippen LogP contribution is -2.50. The lowest BCUT2D eigenvalue weighted by Gasteiger charge is -2.26. The van der Waals surface area contributed by atoms with Crippen molar-refractivity contribution in [3.05, 3.63) is 48.6 Å². The predicted molar refractivity (Wildman–Crippen MR) is 254 cm³/mol. The van der Waals surface area contributed by atoms with E-state index in [2.05, 4.69) is 67.8 Å². The van der Waals surface area contributed by atoms with Crippen molar-refractivity contribution in [3.63, 3.8) is 0 Å². The lowest BCUT2D eigenvalue weighted by atomic mass is 10.0. The van der Waals surface area contributed by atoms with Crippen LogP contribution in [0.3, 0.4) is 0 Å². The molecule has 58 heavy (non-hydrogen) atoms. The van der Waals surface area contributed by atoms with Crippen LogP contribution in [0.1, 0.15) is 258 Å². The average molecular weight is 814 g/mol. The van der Waals surface area contributed by atoms with E-state index in [-0.39, 0.29) is 12.5 Å². The third kappa shape index (κ3) is 42.4. The third-order valence-corrected chi connectivity index (χ3v) is 11.6. The number of hydrogen-bond acceptors (Lipinski definition) is 4. The summed E-state index contributed by atoms with van der Waals surface area (Å²) < 4.78 is 0. The van der Waals surface area contributed by atoms with Crippen LogP contribution in [0.2, 0.25) is 0 Å². The largest absolute Gasteiger partial charge is 0.394 e. The van der Waals surface area contributed by atoms with Crippen molar-refractivity contribution in [2.45, 2.75) is 276 Å². The van der Waals surface area contributed by atoms with Crippen LogP contribution in [0.4, 0.5) is 0 Å². The van der Waals surface area contributed by atoms with E-state index < -0.39 is 18.2 Å². The fourth-order valence-corrected chi connectivity index (χ4v) is 7.68. The zero-order valence-corrected chi connectivity index (χ0v) is 38.7. The van der Waals surface area contributed by atoms with Crippen LogP contribution in [-0.4, -0.2) is 46.1 Å². The molecule has 340 valence electrons. The summed E-state index contributed by atoms with van der Waals surface area (Å²) in [5.74, 6) is -0.162. The second-order valence-electron chi connectivity index (χ2n) is 17.4. The first-order chi connectivity index (χ1) is 28.6. The Bertz CT molecular complexity index is 943. The number of aliphatic hydroxyl groups is 3. The summed E-state index contributed by atoms with van der Waals surface area (Å²) in [6, 6.07) is -0.836. The summed E-state index contributed by atoms with van der Waals surface area (Å²) in [4.78, 5) is 12.5. The topological polar surface area (TPSA) is 89.8 Å². The van der Waals surface area contributed by atoms with E-state index in [1.165, 1.54) is 180 Å². The van der Waals surface area contributed by atoms with E-state index in [4.69, 9.17) is 0 Å². The molecular formula is C53H99NO4. The number of carbonyl (C=O) groups excluding carboxylic acids is 1. The molecule has 3 atom stereocenters. The molecule has 4 N–H and O–H groups in total. The summed E-state index contributed by atoms with van der Waals surface area (Å²) >= 11 is 0. The van der Waals surface area contributed by atoms with E-state index in [1.807, 2.05) is 0 Å². The molecular weight excluding hydrogens is 715 g/mol. The van der Waals surface area contributed by atoms with Crippen molar-refractivity contribution in [3.8, 4) is 0 Å². The Morgan fingerprint density at radius 2 is 0.759 bits per heavy atom. The van der Waals surface area contributed by atoms with Crippen LogP contribution >= 0.6 is 0 Å². The van der Waals surface area contributed by atoms with Crippen LogP contribution in [0.5, 0.6) is 0 Å². The standard InChI is InChI=1S/C53H99NO4/c1-3-5-7-9-11-13-15-17-19-21-23-24-25-26-27-28-30-32-34-36-38-40-42-44-46-48-52(57)54-50(49-55)53(58)51(56)47-45-43-41-39-37-35-33-31-29-22-20-18-16-14-12-10-8-6-4-2/h23-24,26-27,31,33,39,41,50-51,53,55-56,58H,3-22,25,28-30,32,34-38,40,42-49H2,1-2H3,(H,54,57)/b24-23-,27-26-,33-31+,41-39+. The summed E-state index contributed by atoms with van der Waals surface area (Å²) in [5.41, 5.74) is 0. The van der Waals surface area contributed by atoms with Crippen molar-refractivity contribution in [1.82, 2.24) is 5.32 Å². The van der Waals surface area contributed by atoms with Gasteiger partial charge in [0, 0.05) is 6.42 Å². The summed E-state index contributed by atoms with van der Waals surface area (Å²) in [6.07, 6.45) is 62.4. The van der Waals surface area contributed by atoms with Gasteiger partial charge in [-0.2, -0.15) is 0 Å². The second kappa shape index (κ2) is 48.0. The fraction of sp³-hybridized carbons (Fsp3) is 0.830. The summed E-state index contributed by atoms with van der Waals surface area (Å²) in [6.45, 7) is 4.17. The van der Waals surface area contributed by atoms with E-state index in [9.17, 15) is 20.1 Å². The highest BCUT2D eigenvalue weighted by molar-refractivity contribution is 5.76. The van der Waals surface area contributed by atoms with Crippen LogP contribution in [0.25, 0.3) is 0 Å². The van der Waals surface area contributed by atoms with Gasteiger partial charge in [0.05, 0.1) is 18.8 Å². The number of aliphatic hydroxyl groups excluding tert-OH is 3. The zero-order valence-electron chi connectivity index (χ0n) is 38.7. The van der Waals surface area contributed by atoms with Crippen molar-refractivity contribution in [2.24, 2.45) is 0 Å². The van der Waals surface area contributed by atoms with Gasteiger partial charge in [0.1, 0.15) is 6.10 Å². The molecule has 0 aliphatic carbocycles. The molecule has 0 rings (SSSR count). The maximum absolute atomic E-state index is 12.5. The number of unbranched alkanes of at least 4 members (excludes halogenated alkanes) is 30. The molecule has 0 aliphatic rings. The Balaban J connectivity index is 3.66. The number of nitrogens with one attached hydrogen (secondary N) is 1. The molecule has 0 bridgehead atoms. The molecule has 0 aromatic rings. The van der Waals surface area contributed by atoms with Crippen molar-refractivity contribution >= 4 is 5.91 Å². The number of amides is 1. The van der Waals surface area contributed by atoms with E-state index in [1.54, 1.807) is 0 Å². The highest BCUT2D eigenvalue weighted by atomic mass is 16.3. The normalized spacial score (nSPS) is 13.8. The predicted octanol–water partition coefficient (Wildman–Crippen LogP) is 15.3. The van der Waals surface area contributed by atoms with Gasteiger partial charge in [-0.05, 0) is 83.5 Å². The van der Waals surface area contributed by atoms with Crippen molar-refractivity contribution < 1.29 is 20.1 Å². The summed E-state index contributed by atoms with van der Waals surface area (Å²) in [7, 11) is 0. The molecule has 0 aromatic heterocycles. The second-order valence-corrected chi connectivity index (χ2v) is 17.4. The van der Waals surface area contributed by atoms with Crippen molar-refractivity contribution in [2.75, 3.05) is 6.61 Å². The molecule has 0 heterocycles. The zero-order chi connectivity index (χ0) is 42.3. The van der Waals surface area contributed by atoms with Gasteiger partial charge in [0.15, 0.2) is 0 Å². The van der Waals surface area contributed by atoms with Crippen LogP contribution in [-0.2, 0) is 4.79 Å². The Kier molecular flexibility index (Phi) is 46.6.